The van der Waals surface area contributed by atoms with Crippen LogP contribution in [-0.4, -0.2) is 41.1 Å². The van der Waals surface area contributed by atoms with Gasteiger partial charge in [-0.3, -0.25) is 4.79 Å². The predicted molar refractivity (Wildman–Crippen MR) is 85.1 cm³/mol. The molecule has 0 saturated carbocycles. The number of carbonyl (C=O) groups excluding carboxylic acids is 1. The van der Waals surface area contributed by atoms with Gasteiger partial charge in [-0.1, -0.05) is 6.07 Å². The van der Waals surface area contributed by atoms with Crippen molar-refractivity contribution in [2.45, 2.75) is 25.0 Å². The van der Waals surface area contributed by atoms with Crippen molar-refractivity contribution in [1.82, 2.24) is 5.32 Å². The van der Waals surface area contributed by atoms with Crippen molar-refractivity contribution >= 4 is 29.3 Å². The normalized spacial score (nSPS) is 15.7. The first-order valence-electron chi connectivity index (χ1n) is 7.03. The Hall–Kier alpha value is -1.53. The van der Waals surface area contributed by atoms with E-state index in [1.165, 1.54) is 6.07 Å². The molecule has 114 valence electrons. The van der Waals surface area contributed by atoms with E-state index < -0.39 is 5.97 Å². The number of anilines is 1. The summed E-state index contributed by atoms with van der Waals surface area (Å²) in [6.45, 7) is 3.73. The van der Waals surface area contributed by atoms with E-state index in [2.05, 4.69) is 10.6 Å². The summed E-state index contributed by atoms with van der Waals surface area (Å²) in [6, 6.07) is 4.91. The molecule has 1 amide bonds. The van der Waals surface area contributed by atoms with E-state index in [0.29, 0.717) is 22.3 Å². The van der Waals surface area contributed by atoms with Gasteiger partial charge < -0.3 is 15.7 Å². The molecule has 0 bridgehead atoms. The van der Waals surface area contributed by atoms with Gasteiger partial charge in [0.05, 0.1) is 11.3 Å². The van der Waals surface area contributed by atoms with E-state index in [1.807, 2.05) is 0 Å². The second kappa shape index (κ2) is 7.47. The Labute approximate surface area is 128 Å². The van der Waals surface area contributed by atoms with Crippen molar-refractivity contribution in [1.29, 1.82) is 0 Å². The number of piperidine rings is 1. The summed E-state index contributed by atoms with van der Waals surface area (Å²) >= 11 is 1.67. The van der Waals surface area contributed by atoms with Crippen LogP contribution in [0.4, 0.5) is 5.69 Å². The van der Waals surface area contributed by atoms with Crippen molar-refractivity contribution in [3.63, 3.8) is 0 Å². The van der Waals surface area contributed by atoms with Gasteiger partial charge in [-0.05, 0) is 50.6 Å². The highest BCUT2D eigenvalue weighted by Crippen LogP contribution is 2.22. The van der Waals surface area contributed by atoms with Crippen LogP contribution in [0.5, 0.6) is 0 Å². The first-order chi connectivity index (χ1) is 10.1. The molecule has 2 rings (SSSR count). The molecule has 0 atom stereocenters. The number of hydrogen-bond acceptors (Lipinski definition) is 4. The molecule has 1 saturated heterocycles. The number of carboxylic acid groups (broad SMARTS) is 1. The molecule has 1 fully saturated rings. The van der Waals surface area contributed by atoms with Gasteiger partial charge in [0.15, 0.2) is 0 Å². The first kappa shape index (κ1) is 15.9. The van der Waals surface area contributed by atoms with Gasteiger partial charge in [-0.2, -0.15) is 0 Å². The lowest BCUT2D eigenvalue weighted by molar-refractivity contribution is -0.113. The molecule has 1 aromatic carbocycles. The maximum absolute atomic E-state index is 12.0. The smallest absolute Gasteiger partial charge is 0.336 e. The van der Waals surface area contributed by atoms with Crippen molar-refractivity contribution in [3.8, 4) is 0 Å². The fourth-order valence-corrected chi connectivity index (χ4v) is 3.37. The Morgan fingerprint density at radius 1 is 1.38 bits per heavy atom. The number of carboxylic acids is 1. The number of amides is 1. The Balaban J connectivity index is 1.90. The second-order valence-corrected chi connectivity index (χ2v) is 6.38. The summed E-state index contributed by atoms with van der Waals surface area (Å²) < 4.78 is 0. The maximum Gasteiger partial charge on any atom is 0.336 e. The summed E-state index contributed by atoms with van der Waals surface area (Å²) in [5, 5.41) is 15.7. The quantitative estimate of drug-likeness (QED) is 0.776. The van der Waals surface area contributed by atoms with Gasteiger partial charge in [-0.15, -0.1) is 11.8 Å². The summed E-state index contributed by atoms with van der Waals surface area (Å²) in [4.78, 5) is 23.1. The van der Waals surface area contributed by atoms with E-state index in [-0.39, 0.29) is 11.5 Å². The number of nitrogens with one attached hydrogen (secondary N) is 2. The van der Waals surface area contributed by atoms with Gasteiger partial charge in [0, 0.05) is 10.9 Å². The fourth-order valence-electron chi connectivity index (χ4n) is 2.34. The largest absolute Gasteiger partial charge is 0.478 e. The highest BCUT2D eigenvalue weighted by molar-refractivity contribution is 8.00. The average Bonchev–Trinajstić information content (AvgIpc) is 2.48. The Bertz CT molecular complexity index is 528. The van der Waals surface area contributed by atoms with Crippen molar-refractivity contribution < 1.29 is 14.7 Å². The zero-order valence-corrected chi connectivity index (χ0v) is 12.8. The Kier molecular flexibility index (Phi) is 5.64. The number of carbonyl (C=O) groups is 2. The third-order valence-electron chi connectivity index (χ3n) is 3.57. The first-order valence-corrected chi connectivity index (χ1v) is 8.08. The summed E-state index contributed by atoms with van der Waals surface area (Å²) in [7, 11) is 0. The minimum absolute atomic E-state index is 0.0795. The predicted octanol–water partition coefficient (Wildman–Crippen LogP) is 2.12. The van der Waals surface area contributed by atoms with Gasteiger partial charge in [0.1, 0.15) is 0 Å². The van der Waals surface area contributed by atoms with Gasteiger partial charge >= 0.3 is 5.97 Å². The number of hydrogen-bond donors (Lipinski definition) is 3. The van der Waals surface area contributed by atoms with E-state index in [1.54, 1.807) is 30.8 Å². The van der Waals surface area contributed by atoms with Gasteiger partial charge in [0.25, 0.3) is 0 Å². The summed E-state index contributed by atoms with van der Waals surface area (Å²) in [5.41, 5.74) is 1.38. The standard InChI is InChI=1S/C15H20N2O3S/c1-10-12(15(19)20)3-2-4-13(10)17-14(18)9-21-11-5-7-16-8-6-11/h2-4,11,16H,5-9H2,1H3,(H,17,18)(H,19,20). The fraction of sp³-hybridized carbons (Fsp3) is 0.467. The highest BCUT2D eigenvalue weighted by atomic mass is 32.2. The lowest BCUT2D eigenvalue weighted by Gasteiger charge is -2.21. The van der Waals surface area contributed by atoms with E-state index in [0.717, 1.165) is 25.9 Å². The molecule has 21 heavy (non-hydrogen) atoms. The number of benzene rings is 1. The van der Waals surface area contributed by atoms with Gasteiger partial charge in [-0.25, -0.2) is 4.79 Å². The Morgan fingerprint density at radius 3 is 2.76 bits per heavy atom. The molecule has 3 N–H and O–H groups in total. The molecule has 1 aromatic rings. The third kappa shape index (κ3) is 4.47. The molecule has 0 unspecified atom stereocenters. The van der Waals surface area contributed by atoms with Gasteiger partial charge in [0.2, 0.25) is 5.91 Å². The molecule has 0 radical (unpaired) electrons. The topological polar surface area (TPSA) is 78.4 Å². The summed E-state index contributed by atoms with van der Waals surface area (Å²) in [6.07, 6.45) is 2.18. The zero-order valence-electron chi connectivity index (χ0n) is 12.0. The molecular formula is C15H20N2O3S. The van der Waals surface area contributed by atoms with Crippen LogP contribution in [0.3, 0.4) is 0 Å². The monoisotopic (exact) mass is 308 g/mol. The second-order valence-electron chi connectivity index (χ2n) is 5.09. The number of thioether (sulfide) groups is 1. The van der Waals surface area contributed by atoms with Crippen LogP contribution >= 0.6 is 11.8 Å². The Morgan fingerprint density at radius 2 is 2.10 bits per heavy atom. The molecule has 0 aromatic heterocycles. The van der Waals surface area contributed by atoms with Crippen LogP contribution in [0, 0.1) is 6.92 Å². The molecule has 1 aliphatic rings. The molecule has 1 heterocycles. The molecule has 1 aliphatic heterocycles. The van der Waals surface area contributed by atoms with Crippen LogP contribution in [0.25, 0.3) is 0 Å². The van der Waals surface area contributed by atoms with Crippen molar-refractivity contribution in [3.05, 3.63) is 29.3 Å². The average molecular weight is 308 g/mol. The van der Waals surface area contributed by atoms with Crippen LogP contribution in [0.15, 0.2) is 18.2 Å². The van der Waals surface area contributed by atoms with E-state index in [4.69, 9.17) is 5.11 Å². The van der Waals surface area contributed by atoms with Crippen LogP contribution < -0.4 is 10.6 Å². The number of aromatic carboxylic acids is 1. The van der Waals surface area contributed by atoms with E-state index >= 15 is 0 Å². The summed E-state index contributed by atoms with van der Waals surface area (Å²) in [5.74, 6) is -0.654. The zero-order chi connectivity index (χ0) is 15.2. The van der Waals surface area contributed by atoms with Crippen LogP contribution in [0.2, 0.25) is 0 Å². The minimum atomic E-state index is -0.979. The highest BCUT2D eigenvalue weighted by Gasteiger charge is 2.16. The lowest BCUT2D eigenvalue weighted by Crippen LogP contribution is -2.30. The molecule has 6 heteroatoms. The van der Waals surface area contributed by atoms with Crippen molar-refractivity contribution in [2.75, 3.05) is 24.2 Å². The minimum Gasteiger partial charge on any atom is -0.478 e. The third-order valence-corrected chi connectivity index (χ3v) is 4.95. The molecular weight excluding hydrogens is 288 g/mol. The molecule has 0 spiro atoms. The van der Waals surface area contributed by atoms with Crippen molar-refractivity contribution in [2.24, 2.45) is 0 Å². The number of rotatable bonds is 5. The lowest BCUT2D eigenvalue weighted by atomic mass is 10.1. The maximum atomic E-state index is 12.0. The van der Waals surface area contributed by atoms with E-state index in [9.17, 15) is 9.59 Å². The van der Waals surface area contributed by atoms with Crippen LogP contribution in [-0.2, 0) is 4.79 Å². The molecule has 5 nitrogen and oxygen atoms in total. The molecule has 0 aliphatic carbocycles. The SMILES string of the molecule is Cc1c(NC(=O)CSC2CCNCC2)cccc1C(=O)O. The van der Waals surface area contributed by atoms with Crippen LogP contribution in [0.1, 0.15) is 28.8 Å².